The molecule has 0 saturated carbocycles. The number of nitriles is 1. The second kappa shape index (κ2) is 7.67. The number of halogens is 1. The van der Waals surface area contributed by atoms with Crippen molar-refractivity contribution in [3.8, 4) is 6.07 Å². The molecule has 134 valence electrons. The summed E-state index contributed by atoms with van der Waals surface area (Å²) < 4.78 is -0.0165. The molecule has 3 N–H and O–H groups in total. The largest absolute Gasteiger partial charge is 0.481 e. The van der Waals surface area contributed by atoms with Crippen LogP contribution in [0.3, 0.4) is 0 Å². The van der Waals surface area contributed by atoms with Crippen molar-refractivity contribution in [3.63, 3.8) is 0 Å². The van der Waals surface area contributed by atoms with Gasteiger partial charge in [-0.3, -0.25) is 15.6 Å². The maximum absolute atomic E-state index is 11.3. The summed E-state index contributed by atoms with van der Waals surface area (Å²) in [6, 6.07) is 13.2. The van der Waals surface area contributed by atoms with Gasteiger partial charge in [0.1, 0.15) is 5.84 Å². The fourth-order valence-electron chi connectivity index (χ4n) is 2.64. The standard InChI is InChI=1S/C19H19BrN4O2/c1-19(2,17(25)26)9-16(22)24(18(20)23)11-13-8-7-12(10-21)14-5-3-4-6-15(13)14/h3-8,22-23H,9,11H2,1-2H3,(H,25,26). The van der Waals surface area contributed by atoms with Crippen LogP contribution in [0, 0.1) is 27.6 Å². The van der Waals surface area contributed by atoms with Crippen LogP contribution < -0.4 is 0 Å². The van der Waals surface area contributed by atoms with Gasteiger partial charge in [0, 0.05) is 6.42 Å². The van der Waals surface area contributed by atoms with Crippen molar-refractivity contribution in [3.05, 3.63) is 47.5 Å². The fourth-order valence-corrected chi connectivity index (χ4v) is 2.98. The van der Waals surface area contributed by atoms with E-state index in [9.17, 15) is 15.2 Å². The quantitative estimate of drug-likeness (QED) is 0.384. The molecule has 26 heavy (non-hydrogen) atoms. The van der Waals surface area contributed by atoms with Gasteiger partial charge in [0.15, 0.2) is 4.74 Å². The van der Waals surface area contributed by atoms with Crippen LogP contribution in [-0.2, 0) is 11.3 Å². The smallest absolute Gasteiger partial charge is 0.309 e. The Balaban J connectivity index is 2.39. The highest BCUT2D eigenvalue weighted by atomic mass is 79.9. The van der Waals surface area contributed by atoms with Crippen LogP contribution in [0.1, 0.15) is 31.4 Å². The molecule has 0 spiro atoms. The first-order valence-corrected chi connectivity index (χ1v) is 8.70. The number of aliphatic carboxylic acids is 1. The van der Waals surface area contributed by atoms with Gasteiger partial charge >= 0.3 is 5.97 Å². The molecule has 2 rings (SSSR count). The average Bonchev–Trinajstić information content (AvgIpc) is 2.58. The average molecular weight is 415 g/mol. The summed E-state index contributed by atoms with van der Waals surface area (Å²) >= 11 is 3.10. The van der Waals surface area contributed by atoms with Gasteiger partial charge in [0.2, 0.25) is 0 Å². The van der Waals surface area contributed by atoms with E-state index in [2.05, 4.69) is 22.0 Å². The minimum atomic E-state index is -1.11. The van der Waals surface area contributed by atoms with Gasteiger partial charge in [0.25, 0.3) is 0 Å². The van der Waals surface area contributed by atoms with Gasteiger partial charge in [-0.2, -0.15) is 5.26 Å². The summed E-state index contributed by atoms with van der Waals surface area (Å²) in [4.78, 5) is 12.8. The number of carbonyl (C=O) groups is 1. The van der Waals surface area contributed by atoms with Gasteiger partial charge in [-0.1, -0.05) is 30.3 Å². The highest BCUT2D eigenvalue weighted by molar-refractivity contribution is 9.18. The van der Waals surface area contributed by atoms with Crippen LogP contribution in [0.5, 0.6) is 0 Å². The molecule has 0 aliphatic rings. The molecule has 0 unspecified atom stereocenters. The van der Waals surface area contributed by atoms with Crippen LogP contribution in [0.15, 0.2) is 36.4 Å². The Labute approximate surface area is 160 Å². The predicted octanol–water partition coefficient (Wildman–Crippen LogP) is 4.32. The number of hydrogen-bond donors (Lipinski definition) is 3. The lowest BCUT2D eigenvalue weighted by Crippen LogP contribution is -2.37. The first-order chi connectivity index (χ1) is 12.2. The molecule has 7 heteroatoms. The highest BCUT2D eigenvalue weighted by Crippen LogP contribution is 2.26. The third-order valence-corrected chi connectivity index (χ3v) is 4.64. The van der Waals surface area contributed by atoms with E-state index in [0.29, 0.717) is 5.56 Å². The zero-order chi connectivity index (χ0) is 19.5. The highest BCUT2D eigenvalue weighted by Gasteiger charge is 2.31. The Morgan fingerprint density at radius 3 is 2.38 bits per heavy atom. The van der Waals surface area contributed by atoms with E-state index >= 15 is 0 Å². The predicted molar refractivity (Wildman–Crippen MR) is 105 cm³/mol. The summed E-state index contributed by atoms with van der Waals surface area (Å²) in [7, 11) is 0. The van der Waals surface area contributed by atoms with Crippen molar-refractivity contribution >= 4 is 43.3 Å². The van der Waals surface area contributed by atoms with E-state index in [0.717, 1.165) is 16.3 Å². The topological polar surface area (TPSA) is 112 Å². The summed E-state index contributed by atoms with van der Waals surface area (Å²) in [6.07, 6.45) is -0.00940. The molecule has 0 amide bonds. The number of fused-ring (bicyclic) bond motifs is 1. The SMILES string of the molecule is CC(C)(CC(=N)N(Cc1ccc(C#N)c2ccccc12)C(=N)Br)C(=O)O. The maximum Gasteiger partial charge on any atom is 0.309 e. The molecule has 0 saturated heterocycles. The Morgan fingerprint density at radius 1 is 1.23 bits per heavy atom. The Morgan fingerprint density at radius 2 is 1.85 bits per heavy atom. The van der Waals surface area contributed by atoms with Crippen LogP contribution in [0.4, 0.5) is 0 Å². The minimum Gasteiger partial charge on any atom is -0.481 e. The zero-order valence-corrected chi connectivity index (χ0v) is 16.1. The van der Waals surface area contributed by atoms with Crippen molar-refractivity contribution in [2.75, 3.05) is 0 Å². The third-order valence-electron chi connectivity index (χ3n) is 4.21. The van der Waals surface area contributed by atoms with Crippen LogP contribution in [0.25, 0.3) is 10.8 Å². The van der Waals surface area contributed by atoms with Crippen molar-refractivity contribution in [1.29, 1.82) is 16.1 Å². The fraction of sp³-hybridized carbons (Fsp3) is 0.263. The number of benzene rings is 2. The van der Waals surface area contributed by atoms with Crippen LogP contribution in [0.2, 0.25) is 0 Å². The second-order valence-electron chi connectivity index (χ2n) is 6.62. The van der Waals surface area contributed by atoms with E-state index in [1.807, 2.05) is 24.3 Å². The van der Waals surface area contributed by atoms with E-state index in [-0.39, 0.29) is 23.5 Å². The monoisotopic (exact) mass is 414 g/mol. The molecule has 2 aromatic carbocycles. The molecular formula is C19H19BrN4O2. The summed E-state index contributed by atoms with van der Waals surface area (Å²) in [6.45, 7) is 3.33. The number of hydrogen-bond acceptors (Lipinski definition) is 4. The zero-order valence-electron chi connectivity index (χ0n) is 14.5. The number of nitrogens with zero attached hydrogens (tertiary/aromatic N) is 2. The molecule has 0 heterocycles. The van der Waals surface area contributed by atoms with E-state index in [4.69, 9.17) is 10.8 Å². The third kappa shape index (κ3) is 4.09. The summed E-state index contributed by atoms with van der Waals surface area (Å²) in [5, 5.41) is 36.5. The van der Waals surface area contributed by atoms with Crippen molar-refractivity contribution in [2.24, 2.45) is 5.41 Å². The Kier molecular flexibility index (Phi) is 5.78. The Bertz CT molecular complexity index is 931. The molecule has 0 bridgehead atoms. The van der Waals surface area contributed by atoms with Crippen LogP contribution in [-0.4, -0.2) is 26.6 Å². The number of carboxylic acid groups (broad SMARTS) is 1. The second-order valence-corrected chi connectivity index (χ2v) is 7.37. The molecule has 0 aliphatic carbocycles. The molecule has 0 atom stereocenters. The molecule has 0 fully saturated rings. The van der Waals surface area contributed by atoms with Crippen molar-refractivity contribution < 1.29 is 9.90 Å². The number of nitrogens with one attached hydrogen (secondary N) is 2. The van der Waals surface area contributed by atoms with Crippen molar-refractivity contribution in [2.45, 2.75) is 26.8 Å². The van der Waals surface area contributed by atoms with Crippen LogP contribution >= 0.6 is 15.9 Å². The minimum absolute atomic E-state index is 0.00940. The first kappa shape index (κ1) is 19.6. The van der Waals surface area contributed by atoms with E-state index in [1.165, 1.54) is 4.90 Å². The molecule has 0 aromatic heterocycles. The molecule has 0 aliphatic heterocycles. The van der Waals surface area contributed by atoms with Gasteiger partial charge in [0.05, 0.1) is 23.6 Å². The lowest BCUT2D eigenvalue weighted by Gasteiger charge is -2.28. The van der Waals surface area contributed by atoms with Gasteiger partial charge in [-0.15, -0.1) is 0 Å². The van der Waals surface area contributed by atoms with Crippen molar-refractivity contribution in [1.82, 2.24) is 4.90 Å². The van der Waals surface area contributed by atoms with E-state index in [1.54, 1.807) is 26.0 Å². The number of amidine groups is 2. The van der Waals surface area contributed by atoms with Gasteiger partial charge in [-0.05, 0) is 52.2 Å². The van der Waals surface area contributed by atoms with Gasteiger partial charge in [-0.25, -0.2) is 0 Å². The molecular weight excluding hydrogens is 396 g/mol. The lowest BCUT2D eigenvalue weighted by atomic mass is 9.88. The molecule has 0 radical (unpaired) electrons. The maximum atomic E-state index is 11.3. The molecule has 2 aromatic rings. The summed E-state index contributed by atoms with van der Waals surface area (Å²) in [5.74, 6) is -0.958. The first-order valence-electron chi connectivity index (χ1n) is 7.90. The van der Waals surface area contributed by atoms with Gasteiger partial charge < -0.3 is 10.0 Å². The van der Waals surface area contributed by atoms with E-state index < -0.39 is 11.4 Å². The Hall–Kier alpha value is -2.72. The molecule has 6 nitrogen and oxygen atoms in total. The number of carboxylic acids is 1. The summed E-state index contributed by atoms with van der Waals surface area (Å²) in [5.41, 5.74) is 0.304. The number of rotatable bonds is 5. The normalized spacial score (nSPS) is 11.0. The lowest BCUT2D eigenvalue weighted by molar-refractivity contribution is -0.146.